The molecule has 4 saturated carbocycles. The van der Waals surface area contributed by atoms with E-state index in [1.165, 1.54) is 12.5 Å². The second kappa shape index (κ2) is 22.3. The summed E-state index contributed by atoms with van der Waals surface area (Å²) in [6, 6.07) is 0. The van der Waals surface area contributed by atoms with E-state index in [4.69, 9.17) is 37.9 Å². The standard InChI is InChI=1S/C55H88O23/c1-24-34(60)29(21-72-46-41(67)39(65)36(62)27(19-56)73-46)75-45(35(24)61)71-22-30-38(64)44(77-47-42(68)40(66)37(63)28(20-57)74-47)43(69)48(76-30)78-49(70)55-16-14-50(2,3)18-26(55)25-8-9-32-51(4)12-11-33(59)52(5,23-58)31(51)10-13-54(32,7)53(25,6)15-17-55/h8,23-24,26-48,56-57,59-69H,9-22H2,1-7H3/t24-,26?,27+,28+,29+,30+,31?,32?,33-,34-,35+,36-,37+,38+,39-,40-,41+,42+,43+,44-,45+,46-,47-,48+,51-,52-,53+,54+,55-/m0/s1. The first-order valence-electron chi connectivity index (χ1n) is 28.2. The molecule has 0 radical (unpaired) electrons. The van der Waals surface area contributed by atoms with Crippen molar-refractivity contribution in [2.45, 2.75) is 235 Å². The average molecular weight is 1120 g/mol. The van der Waals surface area contributed by atoms with Crippen molar-refractivity contribution in [3.63, 3.8) is 0 Å². The number of allylic oxidation sites excluding steroid dienone is 2. The maximum atomic E-state index is 15.5. The summed E-state index contributed by atoms with van der Waals surface area (Å²) < 4.78 is 47.3. The predicted molar refractivity (Wildman–Crippen MR) is 266 cm³/mol. The van der Waals surface area contributed by atoms with E-state index in [0.29, 0.717) is 38.5 Å². The number of carbonyl (C=O) groups is 2. The number of hydrogen-bond donors (Lipinski definition) is 13. The van der Waals surface area contributed by atoms with Crippen LogP contribution in [0.5, 0.6) is 0 Å². The molecule has 13 N–H and O–H groups in total. The Hall–Kier alpha value is -1.92. The fourth-order valence-electron chi connectivity index (χ4n) is 16.3. The van der Waals surface area contributed by atoms with Gasteiger partial charge in [-0.2, -0.15) is 0 Å². The molecular formula is C55H88O23. The van der Waals surface area contributed by atoms with Gasteiger partial charge in [-0.15, -0.1) is 0 Å². The number of aldehydes is 1. The van der Waals surface area contributed by atoms with E-state index in [-0.39, 0.29) is 39.4 Å². The highest BCUT2D eigenvalue weighted by atomic mass is 16.8. The van der Waals surface area contributed by atoms with Crippen molar-refractivity contribution in [3.8, 4) is 0 Å². The zero-order chi connectivity index (χ0) is 57.0. The van der Waals surface area contributed by atoms with Crippen LogP contribution in [0.2, 0.25) is 0 Å². The Morgan fingerprint density at radius 2 is 1.15 bits per heavy atom. The third-order valence-electron chi connectivity index (χ3n) is 21.7. The molecule has 4 aliphatic heterocycles. The van der Waals surface area contributed by atoms with E-state index in [1.807, 2.05) is 6.92 Å². The molecule has 8 fully saturated rings. The van der Waals surface area contributed by atoms with Crippen LogP contribution in [0.4, 0.5) is 0 Å². The van der Waals surface area contributed by atoms with Gasteiger partial charge in [0.25, 0.3) is 0 Å². The summed E-state index contributed by atoms with van der Waals surface area (Å²) in [5.74, 6) is -1.71. The molecule has 9 rings (SSSR count). The molecule has 0 aromatic rings. The van der Waals surface area contributed by atoms with E-state index in [1.54, 1.807) is 0 Å². The summed E-state index contributed by atoms with van der Waals surface area (Å²) in [6.07, 6.45) is -22.9. The second-order valence-corrected chi connectivity index (χ2v) is 26.4. The average Bonchev–Trinajstić information content (AvgIpc) is 3.60. The number of fused-ring (bicyclic) bond motifs is 7. The van der Waals surface area contributed by atoms with Gasteiger partial charge in [-0.3, -0.25) is 4.79 Å². The van der Waals surface area contributed by atoms with Gasteiger partial charge in [0.1, 0.15) is 91.7 Å². The molecule has 29 atom stereocenters. The van der Waals surface area contributed by atoms with Crippen LogP contribution in [0, 0.1) is 56.2 Å². The Labute approximate surface area is 454 Å². The lowest BCUT2D eigenvalue weighted by Crippen LogP contribution is -2.66. The van der Waals surface area contributed by atoms with Crippen molar-refractivity contribution < 1.29 is 114 Å². The van der Waals surface area contributed by atoms with Gasteiger partial charge in [-0.25, -0.2) is 0 Å². The van der Waals surface area contributed by atoms with E-state index >= 15 is 4.79 Å². The van der Waals surface area contributed by atoms with Gasteiger partial charge in [0, 0.05) is 5.92 Å². The largest absolute Gasteiger partial charge is 0.432 e. The molecule has 0 aromatic heterocycles. The summed E-state index contributed by atoms with van der Waals surface area (Å²) in [4.78, 5) is 28.3. The van der Waals surface area contributed by atoms with Crippen LogP contribution in [0.15, 0.2) is 11.6 Å². The number of ether oxygens (including phenoxy) is 8. The highest BCUT2D eigenvalue weighted by Crippen LogP contribution is 2.76. The number of hydrogen-bond acceptors (Lipinski definition) is 23. The smallest absolute Gasteiger partial charge is 0.315 e. The molecule has 0 aromatic carbocycles. The molecule has 0 amide bonds. The molecule has 446 valence electrons. The second-order valence-electron chi connectivity index (χ2n) is 26.4. The van der Waals surface area contributed by atoms with Crippen LogP contribution in [0.25, 0.3) is 0 Å². The Morgan fingerprint density at radius 3 is 1.77 bits per heavy atom. The highest BCUT2D eigenvalue weighted by molar-refractivity contribution is 5.79. The topological polar surface area (TPSA) is 371 Å². The summed E-state index contributed by atoms with van der Waals surface area (Å²) in [6.45, 7) is 12.1. The van der Waals surface area contributed by atoms with Crippen LogP contribution in [-0.4, -0.2) is 228 Å². The van der Waals surface area contributed by atoms with Gasteiger partial charge in [0.05, 0.1) is 49.5 Å². The fraction of sp³-hybridized carbons (Fsp3) is 0.927. The molecule has 3 unspecified atom stereocenters. The van der Waals surface area contributed by atoms with Gasteiger partial charge in [0.2, 0.25) is 6.29 Å². The summed E-state index contributed by atoms with van der Waals surface area (Å²) in [5, 5.41) is 141. The Balaban J connectivity index is 0.973. The molecule has 4 saturated heterocycles. The lowest BCUT2D eigenvalue weighted by molar-refractivity contribution is -0.363. The molecule has 4 heterocycles. The molecule has 78 heavy (non-hydrogen) atoms. The first-order chi connectivity index (χ1) is 36.6. The van der Waals surface area contributed by atoms with E-state index in [2.05, 4.69) is 40.7 Å². The molecule has 9 aliphatic rings. The van der Waals surface area contributed by atoms with E-state index in [0.717, 1.165) is 32.0 Å². The zero-order valence-electron chi connectivity index (χ0n) is 45.8. The van der Waals surface area contributed by atoms with Crippen LogP contribution in [0.3, 0.4) is 0 Å². The third kappa shape index (κ3) is 9.88. The van der Waals surface area contributed by atoms with Gasteiger partial charge in [-0.1, -0.05) is 60.1 Å². The quantitative estimate of drug-likeness (QED) is 0.0562. The Morgan fingerprint density at radius 1 is 0.603 bits per heavy atom. The van der Waals surface area contributed by atoms with Crippen LogP contribution in [-0.2, 0) is 47.5 Å². The summed E-state index contributed by atoms with van der Waals surface area (Å²) >= 11 is 0. The van der Waals surface area contributed by atoms with Crippen LogP contribution >= 0.6 is 0 Å². The maximum Gasteiger partial charge on any atom is 0.315 e. The van der Waals surface area contributed by atoms with Crippen LogP contribution < -0.4 is 0 Å². The molecule has 0 bridgehead atoms. The van der Waals surface area contributed by atoms with E-state index in [9.17, 15) is 71.2 Å². The highest BCUT2D eigenvalue weighted by Gasteiger charge is 2.70. The minimum Gasteiger partial charge on any atom is -0.432 e. The minimum absolute atomic E-state index is 0.00121. The number of carbonyl (C=O) groups excluding carboxylic acids is 2. The summed E-state index contributed by atoms with van der Waals surface area (Å²) in [7, 11) is 0. The van der Waals surface area contributed by atoms with Crippen molar-refractivity contribution >= 4 is 12.3 Å². The van der Waals surface area contributed by atoms with Crippen molar-refractivity contribution in [3.05, 3.63) is 11.6 Å². The SMILES string of the molecule is C[C@@H]1[C@@H](O)[C@H](OC[C@H]2O[C@H](OC(=O)[C@]34CCC(C)(C)CC3C3=CCC5[C@@]6(C)CC[C@H](O)[C@@](C)(C=O)C6CC[C@@]5(C)[C@]3(C)CC4)[C@H](O)[C@@H](O[C@@H]3O[C@H](CO)[C@@H](O)[C@H](O)[C@H]3O)[C@@H]2O)O[C@H](CO[C@H]2O[C@H](CO)[C@H](O)[C@H](O)[C@H]2O)[C@H]1O. The molecule has 23 nitrogen and oxygen atoms in total. The third-order valence-corrected chi connectivity index (χ3v) is 21.7. The lowest BCUT2D eigenvalue weighted by Gasteiger charge is -2.71. The first-order valence-corrected chi connectivity index (χ1v) is 28.2. The Bertz CT molecular complexity index is 2160. The first kappa shape index (κ1) is 60.7. The van der Waals surface area contributed by atoms with Gasteiger partial charge >= 0.3 is 5.97 Å². The van der Waals surface area contributed by atoms with Gasteiger partial charge < -0.3 is 109 Å². The lowest BCUT2D eigenvalue weighted by atomic mass is 9.33. The van der Waals surface area contributed by atoms with E-state index < -0.39 is 172 Å². The van der Waals surface area contributed by atoms with Crippen molar-refractivity contribution in [2.75, 3.05) is 26.4 Å². The molecular weight excluding hydrogens is 1030 g/mol. The number of aliphatic hydroxyl groups is 13. The van der Waals surface area contributed by atoms with Crippen molar-refractivity contribution in [1.29, 1.82) is 0 Å². The number of rotatable bonds is 13. The molecule has 23 heteroatoms. The van der Waals surface area contributed by atoms with Crippen LogP contribution in [0.1, 0.15) is 113 Å². The van der Waals surface area contributed by atoms with Crippen molar-refractivity contribution in [1.82, 2.24) is 0 Å². The molecule has 5 aliphatic carbocycles. The summed E-state index contributed by atoms with van der Waals surface area (Å²) in [5.41, 5.74) is -1.77. The normalized spacial score (nSPS) is 54.1. The zero-order valence-corrected chi connectivity index (χ0v) is 45.8. The van der Waals surface area contributed by atoms with Gasteiger partial charge in [-0.05, 0) is 104 Å². The number of esters is 1. The monoisotopic (exact) mass is 1120 g/mol. The van der Waals surface area contributed by atoms with Crippen molar-refractivity contribution in [2.24, 2.45) is 56.2 Å². The maximum absolute atomic E-state index is 15.5. The number of aliphatic hydroxyl groups excluding tert-OH is 13. The fourth-order valence-corrected chi connectivity index (χ4v) is 16.3. The Kier molecular flexibility index (Phi) is 17.3. The van der Waals surface area contributed by atoms with Gasteiger partial charge in [0.15, 0.2) is 18.9 Å². The molecule has 0 spiro atoms. The predicted octanol–water partition coefficient (Wildman–Crippen LogP) is -1.58. The minimum atomic E-state index is -2.00.